The molecule has 8 nitrogen and oxygen atoms in total. The van der Waals surface area contributed by atoms with E-state index < -0.39 is 41.7 Å². The van der Waals surface area contributed by atoms with Gasteiger partial charge >= 0.3 is 5.97 Å². The second-order valence-electron chi connectivity index (χ2n) is 3.83. The molecule has 0 saturated carbocycles. The number of carbonyl (C=O) groups is 1. The molecular weight excluding hydrogens is 324 g/mol. The van der Waals surface area contributed by atoms with E-state index in [1.807, 2.05) is 0 Å². The number of esters is 1. The summed E-state index contributed by atoms with van der Waals surface area (Å²) in [7, 11) is -9.99. The number of carbonyl (C=O) groups excluding carboxylic acids is 1. The van der Waals surface area contributed by atoms with Gasteiger partial charge in [-0.1, -0.05) is 12.1 Å². The Balaban J connectivity index is 3.41. The number of rotatable bonds is 6. The van der Waals surface area contributed by atoms with Crippen LogP contribution in [0.5, 0.6) is 5.75 Å². The third-order valence-electron chi connectivity index (χ3n) is 2.26. The van der Waals surface area contributed by atoms with Crippen molar-refractivity contribution < 1.29 is 35.5 Å². The van der Waals surface area contributed by atoms with Gasteiger partial charge in [-0.2, -0.15) is 16.8 Å². The molecule has 2 N–H and O–H groups in total. The average molecular weight is 336 g/mol. The predicted molar refractivity (Wildman–Crippen MR) is 71.1 cm³/mol. The number of hydrogen-bond acceptors (Lipinski definition) is 6. The van der Waals surface area contributed by atoms with Gasteiger partial charge in [-0.15, -0.1) is 6.58 Å². The van der Waals surface area contributed by atoms with Crippen molar-refractivity contribution in [2.24, 2.45) is 0 Å². The molecule has 1 aromatic carbocycles. The van der Waals surface area contributed by atoms with Gasteiger partial charge in [0.05, 0.1) is 0 Å². The van der Waals surface area contributed by atoms with Crippen LogP contribution in [0.25, 0.3) is 0 Å². The van der Waals surface area contributed by atoms with Gasteiger partial charge in [0.1, 0.15) is 4.90 Å². The summed E-state index contributed by atoms with van der Waals surface area (Å²) in [6.45, 7) is 3.39. The molecule has 0 aromatic heterocycles. The Hall–Kier alpha value is -1.75. The highest BCUT2D eigenvalue weighted by Crippen LogP contribution is 2.30. The maximum atomic E-state index is 11.5. The zero-order valence-electron chi connectivity index (χ0n) is 10.6. The quantitative estimate of drug-likeness (QED) is 0.340. The molecule has 0 atom stereocenters. The molecule has 0 aliphatic heterocycles. The van der Waals surface area contributed by atoms with Crippen LogP contribution in [0.1, 0.15) is 12.8 Å². The van der Waals surface area contributed by atoms with E-state index in [-0.39, 0.29) is 12.8 Å². The summed E-state index contributed by atoms with van der Waals surface area (Å²) in [5, 5.41) is 0. The summed E-state index contributed by atoms with van der Waals surface area (Å²) in [6, 6.07) is 2.77. The zero-order chi connectivity index (χ0) is 16.3. The summed E-state index contributed by atoms with van der Waals surface area (Å²) in [5.74, 6) is -1.55. The van der Waals surface area contributed by atoms with E-state index in [0.717, 1.165) is 18.2 Å². The highest BCUT2D eigenvalue weighted by atomic mass is 32.2. The summed E-state index contributed by atoms with van der Waals surface area (Å²) < 4.78 is 67.6. The largest absolute Gasteiger partial charge is 0.425 e. The van der Waals surface area contributed by atoms with E-state index >= 15 is 0 Å². The monoisotopic (exact) mass is 336 g/mol. The summed E-state index contributed by atoms with van der Waals surface area (Å²) in [6.07, 6.45) is 1.57. The summed E-state index contributed by atoms with van der Waals surface area (Å²) in [5.41, 5.74) is 0. The lowest BCUT2D eigenvalue weighted by atomic mass is 10.3. The van der Waals surface area contributed by atoms with Gasteiger partial charge < -0.3 is 4.74 Å². The molecule has 0 heterocycles. The molecule has 0 bridgehead atoms. The Labute approximate surface area is 121 Å². The molecule has 21 heavy (non-hydrogen) atoms. The molecule has 10 heteroatoms. The van der Waals surface area contributed by atoms with Gasteiger partial charge in [-0.3, -0.25) is 13.9 Å². The number of ether oxygens (including phenoxy) is 1. The molecule has 0 spiro atoms. The molecule has 1 rings (SSSR count). The molecule has 0 fully saturated rings. The Morgan fingerprint density at radius 3 is 2.29 bits per heavy atom. The van der Waals surface area contributed by atoms with Crippen LogP contribution in [-0.2, 0) is 25.0 Å². The van der Waals surface area contributed by atoms with E-state index in [9.17, 15) is 21.6 Å². The lowest BCUT2D eigenvalue weighted by Crippen LogP contribution is -2.14. The van der Waals surface area contributed by atoms with Crippen molar-refractivity contribution in [3.8, 4) is 5.75 Å². The third-order valence-corrected chi connectivity index (χ3v) is 4.22. The first-order chi connectivity index (χ1) is 9.57. The van der Waals surface area contributed by atoms with Crippen LogP contribution in [0.15, 0.2) is 40.6 Å². The minimum atomic E-state index is -5.05. The maximum absolute atomic E-state index is 11.5. The maximum Gasteiger partial charge on any atom is 0.311 e. The Morgan fingerprint density at radius 2 is 1.81 bits per heavy atom. The lowest BCUT2D eigenvalue weighted by molar-refractivity contribution is -0.134. The standard InChI is InChI=1S/C11H12O8S2/c1-2-3-7-10(12)19-8-5-4-6-9(20(13,14)15)11(8)21(16,17)18/h2,4-6H,1,3,7H2,(H,13,14,15)(H,16,17,18). The predicted octanol–water partition coefficient (Wildman–Crippen LogP) is 1.05. The van der Waals surface area contributed by atoms with Crippen LogP contribution in [-0.4, -0.2) is 31.9 Å². The molecule has 116 valence electrons. The van der Waals surface area contributed by atoms with Crippen molar-refractivity contribution in [1.82, 2.24) is 0 Å². The Kier molecular flexibility index (Phi) is 5.23. The molecular formula is C11H12O8S2. The van der Waals surface area contributed by atoms with E-state index in [2.05, 4.69) is 6.58 Å². The van der Waals surface area contributed by atoms with E-state index in [1.165, 1.54) is 6.08 Å². The van der Waals surface area contributed by atoms with Crippen LogP contribution in [0.4, 0.5) is 0 Å². The second-order valence-corrected chi connectivity index (χ2v) is 6.58. The highest BCUT2D eigenvalue weighted by molar-refractivity contribution is 7.89. The first kappa shape index (κ1) is 17.3. The fourth-order valence-electron chi connectivity index (χ4n) is 1.43. The van der Waals surface area contributed by atoms with Gasteiger partial charge in [0.25, 0.3) is 20.2 Å². The van der Waals surface area contributed by atoms with Crippen molar-refractivity contribution in [3.05, 3.63) is 30.9 Å². The van der Waals surface area contributed by atoms with Crippen molar-refractivity contribution in [3.63, 3.8) is 0 Å². The van der Waals surface area contributed by atoms with Crippen LogP contribution in [0.3, 0.4) is 0 Å². The lowest BCUT2D eigenvalue weighted by Gasteiger charge is -2.10. The molecule has 0 amide bonds. The molecule has 0 aliphatic rings. The van der Waals surface area contributed by atoms with E-state index in [4.69, 9.17) is 13.8 Å². The second kappa shape index (κ2) is 6.35. The number of allylic oxidation sites excluding steroid dienone is 1. The fourth-order valence-corrected chi connectivity index (χ4v) is 3.33. The highest BCUT2D eigenvalue weighted by Gasteiger charge is 2.29. The van der Waals surface area contributed by atoms with Crippen molar-refractivity contribution in [2.75, 3.05) is 0 Å². The van der Waals surface area contributed by atoms with Crippen molar-refractivity contribution in [2.45, 2.75) is 22.6 Å². The normalized spacial score (nSPS) is 11.9. The molecule has 0 saturated heterocycles. The van der Waals surface area contributed by atoms with Crippen LogP contribution < -0.4 is 4.74 Å². The first-order valence-electron chi connectivity index (χ1n) is 5.47. The van der Waals surface area contributed by atoms with Crippen LogP contribution in [0, 0.1) is 0 Å². The summed E-state index contributed by atoms with van der Waals surface area (Å²) >= 11 is 0. The Bertz CT molecular complexity index is 761. The zero-order valence-corrected chi connectivity index (χ0v) is 12.2. The van der Waals surface area contributed by atoms with Gasteiger partial charge in [0.2, 0.25) is 0 Å². The van der Waals surface area contributed by atoms with Crippen LogP contribution >= 0.6 is 0 Å². The number of benzene rings is 1. The Morgan fingerprint density at radius 1 is 1.19 bits per heavy atom. The van der Waals surface area contributed by atoms with Gasteiger partial charge in [0.15, 0.2) is 10.6 Å². The fraction of sp³-hybridized carbons (Fsp3) is 0.182. The van der Waals surface area contributed by atoms with Crippen molar-refractivity contribution >= 4 is 26.2 Å². The molecule has 0 unspecified atom stereocenters. The molecule has 1 aromatic rings. The molecule has 0 aliphatic carbocycles. The van der Waals surface area contributed by atoms with Gasteiger partial charge in [-0.05, 0) is 18.6 Å². The minimum Gasteiger partial charge on any atom is -0.425 e. The van der Waals surface area contributed by atoms with Gasteiger partial charge in [0, 0.05) is 6.42 Å². The minimum absolute atomic E-state index is 0.121. The third kappa shape index (κ3) is 4.63. The first-order valence-corrected chi connectivity index (χ1v) is 8.35. The average Bonchev–Trinajstić information content (AvgIpc) is 2.33. The smallest absolute Gasteiger partial charge is 0.311 e. The topological polar surface area (TPSA) is 135 Å². The SMILES string of the molecule is C=CCCC(=O)Oc1cccc(S(=O)(=O)O)c1S(=O)(=O)O. The number of hydrogen-bond donors (Lipinski definition) is 2. The van der Waals surface area contributed by atoms with Crippen LogP contribution in [0.2, 0.25) is 0 Å². The summed E-state index contributed by atoms with van der Waals surface area (Å²) in [4.78, 5) is 9.17. The molecule has 0 radical (unpaired) electrons. The van der Waals surface area contributed by atoms with E-state index in [1.54, 1.807) is 0 Å². The van der Waals surface area contributed by atoms with Gasteiger partial charge in [-0.25, -0.2) is 0 Å². The van der Waals surface area contributed by atoms with E-state index in [0.29, 0.717) is 0 Å². The van der Waals surface area contributed by atoms with Crippen molar-refractivity contribution in [1.29, 1.82) is 0 Å².